The molecule has 1 aromatic carbocycles. The predicted octanol–water partition coefficient (Wildman–Crippen LogP) is 5.62. The lowest BCUT2D eigenvalue weighted by atomic mass is 9.99. The molecule has 0 saturated carbocycles. The number of benzene rings is 1. The molecule has 0 atom stereocenters. The summed E-state index contributed by atoms with van der Waals surface area (Å²) in [6, 6.07) is 3.25. The van der Waals surface area contributed by atoms with Gasteiger partial charge in [-0.25, -0.2) is 19.3 Å². The maximum absolute atomic E-state index is 15.7. The molecule has 1 amide bonds. The quantitative estimate of drug-likeness (QED) is 0.303. The summed E-state index contributed by atoms with van der Waals surface area (Å²) >= 11 is 6.45. The number of halogens is 4. The maximum atomic E-state index is 15.7. The highest BCUT2D eigenvalue weighted by Crippen LogP contribution is 2.38. The van der Waals surface area contributed by atoms with Gasteiger partial charge in [0.05, 0.1) is 29.5 Å². The molecule has 41 heavy (non-hydrogen) atoms. The van der Waals surface area contributed by atoms with Crippen LogP contribution in [0.2, 0.25) is 5.02 Å². The number of carbonyl (C=O) groups is 1. The van der Waals surface area contributed by atoms with Gasteiger partial charge in [-0.3, -0.25) is 9.48 Å². The first-order chi connectivity index (χ1) is 19.4. The summed E-state index contributed by atoms with van der Waals surface area (Å²) in [6.45, 7) is 5.39. The van der Waals surface area contributed by atoms with Crippen LogP contribution in [-0.4, -0.2) is 48.8 Å². The summed E-state index contributed by atoms with van der Waals surface area (Å²) in [5, 5.41) is 4.75. The molecule has 5 heterocycles. The zero-order valence-electron chi connectivity index (χ0n) is 23.0. The number of hydrogen-bond acceptors (Lipinski definition) is 6. The number of carbonyl (C=O) groups excluding carboxylic acids is 1. The van der Waals surface area contributed by atoms with E-state index in [-0.39, 0.29) is 42.1 Å². The summed E-state index contributed by atoms with van der Waals surface area (Å²) in [4.78, 5) is 29.6. The van der Waals surface area contributed by atoms with Gasteiger partial charge in [-0.15, -0.1) is 0 Å². The van der Waals surface area contributed by atoms with E-state index in [0.717, 1.165) is 6.92 Å². The highest BCUT2D eigenvalue weighted by atomic mass is 35.5. The SMILES string of the molecule is CC(C)n1ncc(Cl)c1-c1ncc2c(n1)N(Cc1cc(F)c3c(c1)CCCn1cc(C(C)(F)F)nc1-3)CC(=O)N2C. The van der Waals surface area contributed by atoms with Crippen LogP contribution in [0.5, 0.6) is 0 Å². The molecule has 0 spiro atoms. The molecular formula is C28H28ClF3N8O. The highest BCUT2D eigenvalue weighted by molar-refractivity contribution is 6.32. The van der Waals surface area contributed by atoms with Crippen LogP contribution in [0.4, 0.5) is 24.7 Å². The van der Waals surface area contributed by atoms with Gasteiger partial charge < -0.3 is 14.4 Å². The fourth-order valence-corrected chi connectivity index (χ4v) is 5.64. The summed E-state index contributed by atoms with van der Waals surface area (Å²) < 4.78 is 47.0. The van der Waals surface area contributed by atoms with Crippen LogP contribution in [0.25, 0.3) is 22.9 Å². The number of likely N-dealkylation sites (N-methyl/N-ethyl adjacent to an activating group) is 1. The van der Waals surface area contributed by atoms with Crippen LogP contribution in [0.3, 0.4) is 0 Å². The molecule has 13 heteroatoms. The molecule has 0 N–H and O–H groups in total. The van der Waals surface area contributed by atoms with Gasteiger partial charge in [-0.2, -0.15) is 13.9 Å². The second-order valence-corrected chi connectivity index (χ2v) is 11.2. The minimum atomic E-state index is -3.13. The van der Waals surface area contributed by atoms with E-state index in [1.165, 1.54) is 17.2 Å². The summed E-state index contributed by atoms with van der Waals surface area (Å²) in [6.07, 6.45) is 5.63. The van der Waals surface area contributed by atoms with E-state index >= 15 is 4.39 Å². The molecule has 0 bridgehead atoms. The first-order valence-corrected chi connectivity index (χ1v) is 13.7. The fraction of sp³-hybridized carbons (Fsp3) is 0.393. The Morgan fingerprint density at radius 2 is 1.95 bits per heavy atom. The van der Waals surface area contributed by atoms with Crippen molar-refractivity contribution in [2.45, 2.75) is 58.7 Å². The van der Waals surface area contributed by atoms with Crippen LogP contribution >= 0.6 is 11.6 Å². The van der Waals surface area contributed by atoms with E-state index in [1.54, 1.807) is 33.6 Å². The molecule has 6 rings (SSSR count). The number of amides is 1. The summed E-state index contributed by atoms with van der Waals surface area (Å²) in [7, 11) is 1.66. The van der Waals surface area contributed by atoms with Gasteiger partial charge in [0.2, 0.25) is 5.91 Å². The van der Waals surface area contributed by atoms with Crippen molar-refractivity contribution in [3.63, 3.8) is 0 Å². The molecule has 4 aromatic rings. The smallest absolute Gasteiger partial charge is 0.288 e. The van der Waals surface area contributed by atoms with Gasteiger partial charge in [0.1, 0.15) is 28.7 Å². The second kappa shape index (κ2) is 9.86. The number of anilines is 2. The van der Waals surface area contributed by atoms with E-state index < -0.39 is 11.7 Å². The van der Waals surface area contributed by atoms with Crippen molar-refractivity contribution in [2.75, 3.05) is 23.4 Å². The molecule has 0 aliphatic carbocycles. The lowest BCUT2D eigenvalue weighted by molar-refractivity contribution is -0.117. The standard InChI is InChI=1S/C28H28ClF3N8O/c1-15(2)40-24(18(29)10-34-40)25-33-11-20-26(36-25)39(14-22(41)37(20)4)12-16-8-17-6-5-7-38-13-21(28(3,31)32)35-27(38)23(17)19(30)9-16/h8-11,13,15H,5-7,12,14H2,1-4H3. The van der Waals surface area contributed by atoms with Crippen LogP contribution < -0.4 is 9.80 Å². The van der Waals surface area contributed by atoms with Crippen LogP contribution in [0.1, 0.15) is 50.1 Å². The Balaban J connectivity index is 1.39. The Morgan fingerprint density at radius 1 is 1.17 bits per heavy atom. The number of fused-ring (bicyclic) bond motifs is 4. The van der Waals surface area contributed by atoms with E-state index in [0.29, 0.717) is 58.6 Å². The highest BCUT2D eigenvalue weighted by Gasteiger charge is 2.33. The van der Waals surface area contributed by atoms with Crippen molar-refractivity contribution in [2.24, 2.45) is 0 Å². The number of imidazole rings is 1. The van der Waals surface area contributed by atoms with Crippen molar-refractivity contribution in [1.29, 1.82) is 0 Å². The van der Waals surface area contributed by atoms with Crippen molar-refractivity contribution < 1.29 is 18.0 Å². The van der Waals surface area contributed by atoms with Gasteiger partial charge in [0.25, 0.3) is 5.92 Å². The van der Waals surface area contributed by atoms with Crippen molar-refractivity contribution in [3.8, 4) is 22.9 Å². The molecule has 2 aliphatic heterocycles. The average Bonchev–Trinajstić information content (AvgIpc) is 3.46. The van der Waals surface area contributed by atoms with E-state index in [2.05, 4.69) is 15.1 Å². The first kappa shape index (κ1) is 27.3. The Kier molecular flexibility index (Phi) is 6.55. The average molecular weight is 585 g/mol. The zero-order valence-corrected chi connectivity index (χ0v) is 23.8. The summed E-state index contributed by atoms with van der Waals surface area (Å²) in [5.74, 6) is -2.77. The largest absolute Gasteiger partial charge is 0.341 e. The van der Waals surface area contributed by atoms with Gasteiger partial charge in [0.15, 0.2) is 11.6 Å². The van der Waals surface area contributed by atoms with Gasteiger partial charge >= 0.3 is 0 Å². The normalized spacial score (nSPS) is 15.2. The molecule has 0 saturated heterocycles. The second-order valence-electron chi connectivity index (χ2n) is 10.8. The van der Waals surface area contributed by atoms with Crippen LogP contribution in [-0.2, 0) is 30.2 Å². The van der Waals surface area contributed by atoms with Crippen molar-refractivity contribution in [3.05, 3.63) is 58.4 Å². The van der Waals surface area contributed by atoms with Gasteiger partial charge in [-0.05, 0) is 43.9 Å². The molecule has 0 fully saturated rings. The molecule has 3 aromatic heterocycles. The Hall–Kier alpha value is -3.93. The Labute approximate surface area is 239 Å². The third kappa shape index (κ3) is 4.73. The van der Waals surface area contributed by atoms with E-state index in [1.807, 2.05) is 19.9 Å². The molecular weight excluding hydrogens is 557 g/mol. The molecule has 2 aliphatic rings. The molecule has 9 nitrogen and oxygen atoms in total. The zero-order chi connectivity index (χ0) is 29.2. The monoisotopic (exact) mass is 584 g/mol. The predicted molar refractivity (Wildman–Crippen MR) is 149 cm³/mol. The van der Waals surface area contributed by atoms with E-state index in [9.17, 15) is 13.6 Å². The maximum Gasteiger partial charge on any atom is 0.288 e. The lowest BCUT2D eigenvalue weighted by Crippen LogP contribution is -2.44. The van der Waals surface area contributed by atoms with Gasteiger partial charge in [0, 0.05) is 39.3 Å². The molecule has 214 valence electrons. The fourth-order valence-electron chi connectivity index (χ4n) is 5.42. The Morgan fingerprint density at radius 3 is 2.68 bits per heavy atom. The molecule has 0 unspecified atom stereocenters. The van der Waals surface area contributed by atoms with Crippen molar-refractivity contribution >= 4 is 29.0 Å². The minimum Gasteiger partial charge on any atom is -0.341 e. The third-order valence-corrected chi connectivity index (χ3v) is 7.74. The number of alkyl halides is 2. The van der Waals surface area contributed by atoms with Crippen LogP contribution in [0.15, 0.2) is 30.7 Å². The minimum absolute atomic E-state index is 0.00951. The van der Waals surface area contributed by atoms with E-state index in [4.69, 9.17) is 16.6 Å². The summed E-state index contributed by atoms with van der Waals surface area (Å²) in [5.41, 5.74) is 2.24. The lowest BCUT2D eigenvalue weighted by Gasteiger charge is -2.34. The first-order valence-electron chi connectivity index (χ1n) is 13.3. The third-order valence-electron chi connectivity index (χ3n) is 7.46. The number of aromatic nitrogens is 6. The number of aryl methyl sites for hydroxylation is 2. The number of nitrogens with zero attached hydrogens (tertiary/aromatic N) is 8. The number of hydrogen-bond donors (Lipinski definition) is 0. The topological polar surface area (TPSA) is 85.0 Å². The molecule has 0 radical (unpaired) electrons. The Bertz CT molecular complexity index is 1680. The van der Waals surface area contributed by atoms with Crippen LogP contribution in [0, 0.1) is 5.82 Å². The van der Waals surface area contributed by atoms with Gasteiger partial charge in [-0.1, -0.05) is 17.7 Å². The number of rotatable bonds is 5. The van der Waals surface area contributed by atoms with Crippen molar-refractivity contribution in [1.82, 2.24) is 29.3 Å².